The summed E-state index contributed by atoms with van der Waals surface area (Å²) < 4.78 is 33.1. The number of rotatable bonds is 9. The minimum absolute atomic E-state index is 0.0329. The Morgan fingerprint density at radius 1 is 1.12 bits per heavy atom. The normalized spacial score (nSPS) is 11.3. The van der Waals surface area contributed by atoms with E-state index in [1.807, 2.05) is 13.0 Å². The van der Waals surface area contributed by atoms with Gasteiger partial charge in [0.25, 0.3) is 15.7 Å². The molecule has 0 unspecified atom stereocenters. The van der Waals surface area contributed by atoms with Crippen molar-refractivity contribution in [3.63, 3.8) is 0 Å². The Kier molecular flexibility index (Phi) is 7.29. The van der Waals surface area contributed by atoms with E-state index in [1.54, 1.807) is 18.2 Å². The van der Waals surface area contributed by atoms with E-state index in [0.717, 1.165) is 6.07 Å². The first-order chi connectivity index (χ1) is 15.3. The molecule has 2 N–H and O–H groups in total. The highest BCUT2D eigenvalue weighted by Gasteiger charge is 2.21. The number of nitro groups is 1. The Balaban J connectivity index is 1.83. The molecule has 0 saturated carbocycles. The van der Waals surface area contributed by atoms with Crippen molar-refractivity contribution in [3.8, 4) is 5.75 Å². The number of nitro benzene ring substituents is 1. The van der Waals surface area contributed by atoms with Crippen molar-refractivity contribution >= 4 is 44.9 Å². The summed E-state index contributed by atoms with van der Waals surface area (Å²) in [7, 11) is -4.05. The van der Waals surface area contributed by atoms with Gasteiger partial charge in [0, 0.05) is 22.3 Å². The molecule has 0 aliphatic heterocycles. The molecule has 0 atom stereocenters. The number of benzene rings is 3. The van der Waals surface area contributed by atoms with Gasteiger partial charge in [0.1, 0.15) is 11.4 Å². The van der Waals surface area contributed by atoms with Crippen molar-refractivity contribution in [1.82, 2.24) is 0 Å². The predicted molar refractivity (Wildman–Crippen MR) is 124 cm³/mol. The molecular weight excluding hydrogens is 456 g/mol. The molecule has 166 valence electrons. The second-order valence-electron chi connectivity index (χ2n) is 6.39. The van der Waals surface area contributed by atoms with E-state index in [9.17, 15) is 18.5 Å². The number of nitrogens with zero attached hydrogens (tertiary/aromatic N) is 2. The minimum atomic E-state index is -4.05. The van der Waals surface area contributed by atoms with Crippen molar-refractivity contribution < 1.29 is 18.1 Å². The first-order valence-corrected chi connectivity index (χ1v) is 11.2. The van der Waals surface area contributed by atoms with Gasteiger partial charge in [-0.1, -0.05) is 23.7 Å². The summed E-state index contributed by atoms with van der Waals surface area (Å²) in [6.07, 6.45) is 1.46. The van der Waals surface area contributed by atoms with Gasteiger partial charge in [-0.3, -0.25) is 20.3 Å². The number of hydrazone groups is 1. The summed E-state index contributed by atoms with van der Waals surface area (Å²) in [6, 6.07) is 16.7. The molecule has 3 rings (SSSR count). The van der Waals surface area contributed by atoms with Gasteiger partial charge in [-0.2, -0.15) is 5.10 Å². The molecule has 3 aromatic rings. The highest BCUT2D eigenvalue weighted by Crippen LogP contribution is 2.29. The molecule has 0 saturated heterocycles. The van der Waals surface area contributed by atoms with Crippen LogP contribution in [0.4, 0.5) is 17.1 Å². The molecule has 0 spiro atoms. The first-order valence-electron chi connectivity index (χ1n) is 9.38. The molecule has 0 heterocycles. The van der Waals surface area contributed by atoms with Gasteiger partial charge < -0.3 is 4.74 Å². The number of halogens is 1. The van der Waals surface area contributed by atoms with Gasteiger partial charge in [-0.15, -0.1) is 0 Å². The average Bonchev–Trinajstić information content (AvgIpc) is 2.76. The van der Waals surface area contributed by atoms with Crippen molar-refractivity contribution in [2.24, 2.45) is 5.10 Å². The SMILES string of the molecule is CCOc1ccccc1/C=N/Nc1ccc(S(=O)(=O)Nc2ccc(Cl)cc2)cc1[N+](=O)[O-]. The van der Waals surface area contributed by atoms with Crippen LogP contribution >= 0.6 is 11.6 Å². The highest BCUT2D eigenvalue weighted by atomic mass is 35.5. The molecular formula is C21H19ClN4O5S. The molecule has 9 nitrogen and oxygen atoms in total. The van der Waals surface area contributed by atoms with Gasteiger partial charge in [0.15, 0.2) is 0 Å². The first kappa shape index (κ1) is 23.0. The van der Waals surface area contributed by atoms with Crippen LogP contribution < -0.4 is 14.9 Å². The fraction of sp³-hybridized carbons (Fsp3) is 0.0952. The zero-order valence-electron chi connectivity index (χ0n) is 16.9. The van der Waals surface area contributed by atoms with E-state index in [0.29, 0.717) is 22.9 Å². The molecule has 11 heteroatoms. The van der Waals surface area contributed by atoms with Gasteiger partial charge in [0.05, 0.1) is 22.6 Å². The number of ether oxygens (including phenoxy) is 1. The van der Waals surface area contributed by atoms with E-state index < -0.39 is 20.6 Å². The van der Waals surface area contributed by atoms with Crippen LogP contribution in [0.15, 0.2) is 76.7 Å². The van der Waals surface area contributed by atoms with Crippen molar-refractivity contribution in [2.45, 2.75) is 11.8 Å². The van der Waals surface area contributed by atoms with Crippen LogP contribution in [0.3, 0.4) is 0 Å². The summed E-state index contributed by atoms with van der Waals surface area (Å²) in [5, 5.41) is 16.0. The molecule has 32 heavy (non-hydrogen) atoms. The maximum absolute atomic E-state index is 12.6. The number of para-hydroxylation sites is 1. The van der Waals surface area contributed by atoms with Crippen LogP contribution in [0.2, 0.25) is 5.02 Å². The summed E-state index contributed by atoms with van der Waals surface area (Å²) in [4.78, 5) is 10.6. The topological polar surface area (TPSA) is 123 Å². The van der Waals surface area contributed by atoms with Crippen LogP contribution in [0, 0.1) is 10.1 Å². The predicted octanol–water partition coefficient (Wildman–Crippen LogP) is 4.89. The lowest BCUT2D eigenvalue weighted by Crippen LogP contribution is -2.13. The zero-order chi connectivity index (χ0) is 23.1. The number of hydrogen-bond donors (Lipinski definition) is 2. The minimum Gasteiger partial charge on any atom is -0.493 e. The van der Waals surface area contributed by atoms with Crippen molar-refractivity contribution in [3.05, 3.63) is 87.4 Å². The Morgan fingerprint density at radius 3 is 2.53 bits per heavy atom. The largest absolute Gasteiger partial charge is 0.493 e. The van der Waals surface area contributed by atoms with Crippen LogP contribution in [0.1, 0.15) is 12.5 Å². The second kappa shape index (κ2) is 10.1. The van der Waals surface area contributed by atoms with Gasteiger partial charge >= 0.3 is 0 Å². The Labute approximate surface area is 189 Å². The van der Waals surface area contributed by atoms with Crippen LogP contribution in [-0.2, 0) is 10.0 Å². The molecule has 0 aromatic heterocycles. The molecule has 0 aliphatic carbocycles. The summed E-state index contributed by atoms with van der Waals surface area (Å²) >= 11 is 5.80. The van der Waals surface area contributed by atoms with Crippen LogP contribution in [0.5, 0.6) is 5.75 Å². The van der Waals surface area contributed by atoms with Gasteiger partial charge in [-0.25, -0.2) is 8.42 Å². The van der Waals surface area contributed by atoms with Gasteiger partial charge in [0.2, 0.25) is 0 Å². The Morgan fingerprint density at radius 2 is 1.84 bits per heavy atom. The quantitative estimate of drug-likeness (QED) is 0.258. The number of anilines is 2. The molecule has 0 bridgehead atoms. The van der Waals surface area contributed by atoms with Crippen LogP contribution in [0.25, 0.3) is 0 Å². The van der Waals surface area contributed by atoms with E-state index in [4.69, 9.17) is 16.3 Å². The summed E-state index contributed by atoms with van der Waals surface area (Å²) in [6.45, 7) is 2.33. The second-order valence-corrected chi connectivity index (χ2v) is 8.51. The fourth-order valence-corrected chi connectivity index (χ4v) is 3.91. The maximum atomic E-state index is 12.6. The number of sulfonamides is 1. The standard InChI is InChI=1S/C21H19ClN4O5S/c1-2-31-21-6-4-3-5-15(21)14-23-24-19-12-11-18(13-20(19)26(27)28)32(29,30)25-17-9-7-16(22)8-10-17/h3-14,24-25H,2H2,1H3/b23-14+. The number of hydrogen-bond acceptors (Lipinski definition) is 7. The van der Waals surface area contributed by atoms with Crippen LogP contribution in [-0.4, -0.2) is 26.2 Å². The van der Waals surface area contributed by atoms with Crippen molar-refractivity contribution in [2.75, 3.05) is 16.8 Å². The third kappa shape index (κ3) is 5.74. The highest BCUT2D eigenvalue weighted by molar-refractivity contribution is 7.92. The van der Waals surface area contributed by atoms with E-state index in [2.05, 4.69) is 15.2 Å². The Bertz CT molecular complexity index is 1250. The lowest BCUT2D eigenvalue weighted by molar-refractivity contribution is -0.384. The smallest absolute Gasteiger partial charge is 0.295 e. The molecule has 0 radical (unpaired) electrons. The third-order valence-electron chi connectivity index (χ3n) is 4.18. The van der Waals surface area contributed by atoms with E-state index in [-0.39, 0.29) is 16.3 Å². The summed E-state index contributed by atoms with van der Waals surface area (Å²) in [5.41, 5.74) is 3.13. The van der Waals surface area contributed by atoms with E-state index >= 15 is 0 Å². The lowest BCUT2D eigenvalue weighted by Gasteiger charge is -2.10. The number of nitrogens with one attached hydrogen (secondary N) is 2. The zero-order valence-corrected chi connectivity index (χ0v) is 18.4. The molecule has 0 amide bonds. The molecule has 0 aliphatic rings. The summed E-state index contributed by atoms with van der Waals surface area (Å²) in [5.74, 6) is 0.616. The lowest BCUT2D eigenvalue weighted by atomic mass is 10.2. The molecule has 0 fully saturated rings. The average molecular weight is 475 g/mol. The van der Waals surface area contributed by atoms with Gasteiger partial charge in [-0.05, 0) is 55.5 Å². The Hall–Kier alpha value is -3.63. The fourth-order valence-electron chi connectivity index (χ4n) is 2.70. The molecule has 3 aromatic carbocycles. The van der Waals surface area contributed by atoms with E-state index in [1.165, 1.54) is 42.6 Å². The monoisotopic (exact) mass is 474 g/mol. The maximum Gasteiger partial charge on any atom is 0.295 e. The van der Waals surface area contributed by atoms with Crippen molar-refractivity contribution in [1.29, 1.82) is 0 Å². The third-order valence-corrected chi connectivity index (χ3v) is 5.81.